The summed E-state index contributed by atoms with van der Waals surface area (Å²) < 4.78 is 10.4. The van der Waals surface area contributed by atoms with Gasteiger partial charge in [0.25, 0.3) is 0 Å². The summed E-state index contributed by atoms with van der Waals surface area (Å²) in [5.41, 5.74) is 3.36. The SMILES string of the molecule is CN=C(NCc1cc(OC)c(O)c(OC)c1)NCc1ccccc1C. The standard InChI is InChI=1S/C19H25N3O3/c1-13-7-5-6-8-15(13)12-22-19(20-2)21-11-14-9-16(24-3)18(23)17(10-14)25-4/h5-10,23H,11-12H2,1-4H3,(H2,20,21,22). The molecule has 0 spiro atoms. The molecule has 0 saturated carbocycles. The fourth-order valence-corrected chi connectivity index (χ4v) is 2.44. The number of nitrogens with zero attached hydrogens (tertiary/aromatic N) is 1. The lowest BCUT2D eigenvalue weighted by atomic mass is 10.1. The lowest BCUT2D eigenvalue weighted by Gasteiger charge is -2.15. The number of phenolic OH excluding ortho intramolecular Hbond substituents is 1. The van der Waals surface area contributed by atoms with Crippen LogP contribution < -0.4 is 20.1 Å². The first-order valence-corrected chi connectivity index (χ1v) is 8.02. The quantitative estimate of drug-likeness (QED) is 0.555. The van der Waals surface area contributed by atoms with Crippen LogP contribution >= 0.6 is 0 Å². The molecule has 0 unspecified atom stereocenters. The smallest absolute Gasteiger partial charge is 0.200 e. The largest absolute Gasteiger partial charge is 0.502 e. The van der Waals surface area contributed by atoms with E-state index in [0.29, 0.717) is 30.5 Å². The van der Waals surface area contributed by atoms with Gasteiger partial charge in [-0.05, 0) is 35.7 Å². The second-order valence-electron chi connectivity index (χ2n) is 5.55. The van der Waals surface area contributed by atoms with Gasteiger partial charge in [0.2, 0.25) is 5.75 Å². The van der Waals surface area contributed by atoms with Gasteiger partial charge in [-0.15, -0.1) is 0 Å². The number of aromatic hydroxyl groups is 1. The third-order valence-corrected chi connectivity index (χ3v) is 3.93. The zero-order valence-corrected chi connectivity index (χ0v) is 15.1. The van der Waals surface area contributed by atoms with Gasteiger partial charge in [-0.3, -0.25) is 4.99 Å². The van der Waals surface area contributed by atoms with Crippen LogP contribution in [0, 0.1) is 6.92 Å². The highest BCUT2D eigenvalue weighted by atomic mass is 16.5. The topological polar surface area (TPSA) is 75.1 Å². The van der Waals surface area contributed by atoms with Crippen molar-refractivity contribution in [1.29, 1.82) is 0 Å². The van der Waals surface area contributed by atoms with Crippen molar-refractivity contribution in [2.75, 3.05) is 21.3 Å². The van der Waals surface area contributed by atoms with Gasteiger partial charge in [0.15, 0.2) is 17.5 Å². The minimum Gasteiger partial charge on any atom is -0.502 e. The molecule has 0 aliphatic carbocycles. The number of ether oxygens (including phenoxy) is 2. The first-order chi connectivity index (χ1) is 12.1. The fourth-order valence-electron chi connectivity index (χ4n) is 2.44. The van der Waals surface area contributed by atoms with Crippen molar-refractivity contribution in [3.8, 4) is 17.2 Å². The average Bonchev–Trinajstić information content (AvgIpc) is 2.64. The highest BCUT2D eigenvalue weighted by Gasteiger charge is 2.11. The number of methoxy groups -OCH3 is 2. The number of hydrogen-bond donors (Lipinski definition) is 3. The molecule has 0 atom stereocenters. The zero-order chi connectivity index (χ0) is 18.2. The Bertz CT molecular complexity index is 719. The maximum Gasteiger partial charge on any atom is 0.200 e. The molecule has 0 heterocycles. The van der Waals surface area contributed by atoms with E-state index in [1.165, 1.54) is 25.3 Å². The molecule has 6 nitrogen and oxygen atoms in total. The minimum absolute atomic E-state index is 0.00388. The lowest BCUT2D eigenvalue weighted by Crippen LogP contribution is -2.36. The van der Waals surface area contributed by atoms with Gasteiger partial charge >= 0.3 is 0 Å². The van der Waals surface area contributed by atoms with Crippen molar-refractivity contribution >= 4 is 5.96 Å². The van der Waals surface area contributed by atoms with Gasteiger partial charge in [0.1, 0.15) is 0 Å². The predicted octanol–water partition coefficient (Wildman–Crippen LogP) is 2.58. The van der Waals surface area contributed by atoms with Crippen molar-refractivity contribution in [2.45, 2.75) is 20.0 Å². The molecule has 6 heteroatoms. The fraction of sp³-hybridized carbons (Fsp3) is 0.316. The van der Waals surface area contributed by atoms with Crippen LogP contribution in [0.1, 0.15) is 16.7 Å². The summed E-state index contributed by atoms with van der Waals surface area (Å²) in [5.74, 6) is 1.43. The van der Waals surface area contributed by atoms with E-state index >= 15 is 0 Å². The molecule has 0 saturated heterocycles. The molecule has 0 fully saturated rings. The molecule has 25 heavy (non-hydrogen) atoms. The maximum atomic E-state index is 9.97. The van der Waals surface area contributed by atoms with Gasteiger partial charge in [-0.25, -0.2) is 0 Å². The number of aliphatic imine (C=N–C) groups is 1. The average molecular weight is 343 g/mol. The number of rotatable bonds is 6. The van der Waals surface area contributed by atoms with E-state index in [0.717, 1.165) is 5.56 Å². The summed E-state index contributed by atoms with van der Waals surface area (Å²) in [6.07, 6.45) is 0. The maximum absolute atomic E-state index is 9.97. The van der Waals surface area contributed by atoms with Crippen LogP contribution in [0.25, 0.3) is 0 Å². The summed E-state index contributed by atoms with van der Waals surface area (Å²) in [4.78, 5) is 4.23. The summed E-state index contributed by atoms with van der Waals surface area (Å²) in [7, 11) is 4.74. The van der Waals surface area contributed by atoms with Crippen LogP contribution in [0.5, 0.6) is 17.2 Å². The van der Waals surface area contributed by atoms with Crippen LogP contribution in [0.2, 0.25) is 0 Å². The van der Waals surface area contributed by atoms with Gasteiger partial charge < -0.3 is 25.2 Å². The Kier molecular flexibility index (Phi) is 6.51. The van der Waals surface area contributed by atoms with Crippen LogP contribution in [0.15, 0.2) is 41.4 Å². The van der Waals surface area contributed by atoms with Crippen molar-refractivity contribution in [3.05, 3.63) is 53.1 Å². The highest BCUT2D eigenvalue weighted by molar-refractivity contribution is 5.79. The first kappa shape index (κ1) is 18.4. The number of phenols is 1. The highest BCUT2D eigenvalue weighted by Crippen LogP contribution is 2.36. The Balaban J connectivity index is 2.00. The van der Waals surface area contributed by atoms with E-state index in [9.17, 15) is 5.11 Å². The van der Waals surface area contributed by atoms with Crippen LogP contribution in [0.3, 0.4) is 0 Å². The van der Waals surface area contributed by atoms with E-state index in [2.05, 4.69) is 34.7 Å². The van der Waals surface area contributed by atoms with E-state index < -0.39 is 0 Å². The molecule has 134 valence electrons. The molecule has 2 aromatic rings. The molecule has 3 N–H and O–H groups in total. The number of aryl methyl sites for hydroxylation is 1. The predicted molar refractivity (Wildman–Crippen MR) is 99.4 cm³/mol. The molecule has 0 aliphatic rings. The molecule has 0 radical (unpaired) electrons. The van der Waals surface area contributed by atoms with Crippen LogP contribution in [-0.4, -0.2) is 32.3 Å². The van der Waals surface area contributed by atoms with Crippen molar-refractivity contribution < 1.29 is 14.6 Å². The molecule has 0 aromatic heterocycles. The molecule has 0 bridgehead atoms. The molecule has 2 aromatic carbocycles. The lowest BCUT2D eigenvalue weighted by molar-refractivity contribution is 0.339. The van der Waals surface area contributed by atoms with Crippen molar-refractivity contribution in [3.63, 3.8) is 0 Å². The number of nitrogens with one attached hydrogen (secondary N) is 2. The van der Waals surface area contributed by atoms with E-state index in [4.69, 9.17) is 9.47 Å². The molecule has 2 rings (SSSR count). The second-order valence-corrected chi connectivity index (χ2v) is 5.55. The molecule has 0 aliphatic heterocycles. The molecule has 0 amide bonds. The summed E-state index contributed by atoms with van der Waals surface area (Å²) >= 11 is 0. The Morgan fingerprint density at radius 1 is 1.04 bits per heavy atom. The normalized spacial score (nSPS) is 11.1. The Hall–Kier alpha value is -2.89. The molecular formula is C19H25N3O3. The Labute approximate surface area is 148 Å². The third-order valence-electron chi connectivity index (χ3n) is 3.93. The number of benzene rings is 2. The van der Waals surface area contributed by atoms with E-state index in [-0.39, 0.29) is 5.75 Å². The second kappa shape index (κ2) is 8.82. The number of guanidine groups is 1. The zero-order valence-electron chi connectivity index (χ0n) is 15.1. The minimum atomic E-state index is -0.00388. The summed E-state index contributed by atoms with van der Waals surface area (Å²) in [6.45, 7) is 3.29. The van der Waals surface area contributed by atoms with Gasteiger partial charge in [-0.1, -0.05) is 24.3 Å². The van der Waals surface area contributed by atoms with E-state index in [1.807, 2.05) is 12.1 Å². The Morgan fingerprint density at radius 3 is 2.20 bits per heavy atom. The van der Waals surface area contributed by atoms with E-state index in [1.54, 1.807) is 19.2 Å². The van der Waals surface area contributed by atoms with Crippen LogP contribution in [0.4, 0.5) is 0 Å². The van der Waals surface area contributed by atoms with Crippen molar-refractivity contribution in [2.24, 2.45) is 4.99 Å². The first-order valence-electron chi connectivity index (χ1n) is 8.02. The monoisotopic (exact) mass is 343 g/mol. The van der Waals surface area contributed by atoms with Crippen LogP contribution in [-0.2, 0) is 13.1 Å². The Morgan fingerprint density at radius 2 is 1.64 bits per heavy atom. The molecular weight excluding hydrogens is 318 g/mol. The van der Waals surface area contributed by atoms with Gasteiger partial charge in [0, 0.05) is 20.1 Å². The van der Waals surface area contributed by atoms with Crippen molar-refractivity contribution in [1.82, 2.24) is 10.6 Å². The number of hydrogen-bond acceptors (Lipinski definition) is 4. The third kappa shape index (κ3) is 4.79. The van der Waals surface area contributed by atoms with Gasteiger partial charge in [-0.2, -0.15) is 0 Å². The summed E-state index contributed by atoms with van der Waals surface area (Å²) in [6, 6.07) is 11.7. The summed E-state index contributed by atoms with van der Waals surface area (Å²) in [5, 5.41) is 16.5. The van der Waals surface area contributed by atoms with Gasteiger partial charge in [0.05, 0.1) is 14.2 Å².